The van der Waals surface area contributed by atoms with E-state index < -0.39 is 5.54 Å². The standard InChI is InChI=1S/C11H19ClN4O/c1-3-5-14-11(2,10(13)17)4-6-16-8-9(12)7-15-16/h7-8,14H,3-6H2,1-2H3,(H2,13,17). The first-order chi connectivity index (χ1) is 7.98. The SMILES string of the molecule is CCCNC(C)(CCn1cc(Cl)cn1)C(N)=O. The predicted molar refractivity (Wildman–Crippen MR) is 67.7 cm³/mol. The van der Waals surface area contributed by atoms with Crippen LogP contribution in [0.25, 0.3) is 0 Å². The summed E-state index contributed by atoms with van der Waals surface area (Å²) in [6.07, 6.45) is 4.84. The molecule has 1 aromatic heterocycles. The van der Waals surface area contributed by atoms with Crippen molar-refractivity contribution >= 4 is 17.5 Å². The Morgan fingerprint density at radius 3 is 2.88 bits per heavy atom. The van der Waals surface area contributed by atoms with E-state index in [2.05, 4.69) is 10.4 Å². The Balaban J connectivity index is 2.58. The van der Waals surface area contributed by atoms with Gasteiger partial charge in [-0.25, -0.2) is 0 Å². The molecule has 0 saturated heterocycles. The smallest absolute Gasteiger partial charge is 0.237 e. The highest BCUT2D eigenvalue weighted by Crippen LogP contribution is 2.12. The highest BCUT2D eigenvalue weighted by atomic mass is 35.5. The summed E-state index contributed by atoms with van der Waals surface area (Å²) in [4.78, 5) is 11.5. The monoisotopic (exact) mass is 258 g/mol. The van der Waals surface area contributed by atoms with E-state index in [0.717, 1.165) is 13.0 Å². The first-order valence-corrected chi connectivity index (χ1v) is 6.08. The molecular formula is C11H19ClN4O. The van der Waals surface area contributed by atoms with Gasteiger partial charge < -0.3 is 11.1 Å². The molecule has 0 aliphatic heterocycles. The maximum absolute atomic E-state index is 11.5. The van der Waals surface area contributed by atoms with E-state index in [1.165, 1.54) is 0 Å². The molecule has 0 fully saturated rings. The molecule has 1 unspecified atom stereocenters. The third kappa shape index (κ3) is 4.02. The van der Waals surface area contributed by atoms with Gasteiger partial charge in [-0.1, -0.05) is 18.5 Å². The molecule has 0 bridgehead atoms. The van der Waals surface area contributed by atoms with Crippen LogP contribution in [-0.4, -0.2) is 27.8 Å². The molecule has 96 valence electrons. The number of hydrogen-bond donors (Lipinski definition) is 2. The number of halogens is 1. The number of nitrogens with two attached hydrogens (primary N) is 1. The average Bonchev–Trinajstić information content (AvgIpc) is 2.69. The van der Waals surface area contributed by atoms with Crippen LogP contribution in [0, 0.1) is 0 Å². The van der Waals surface area contributed by atoms with Crippen molar-refractivity contribution in [2.75, 3.05) is 6.54 Å². The van der Waals surface area contributed by atoms with Gasteiger partial charge >= 0.3 is 0 Å². The van der Waals surface area contributed by atoms with Gasteiger partial charge in [-0.2, -0.15) is 5.10 Å². The molecule has 3 N–H and O–H groups in total. The molecule has 1 aromatic rings. The number of hydrogen-bond acceptors (Lipinski definition) is 3. The molecule has 0 spiro atoms. The van der Waals surface area contributed by atoms with Gasteiger partial charge in [-0.15, -0.1) is 0 Å². The summed E-state index contributed by atoms with van der Waals surface area (Å²) in [5.41, 5.74) is 4.72. The number of nitrogens with one attached hydrogen (secondary N) is 1. The van der Waals surface area contributed by atoms with E-state index in [-0.39, 0.29) is 5.91 Å². The number of rotatable bonds is 7. The minimum Gasteiger partial charge on any atom is -0.368 e. The zero-order valence-electron chi connectivity index (χ0n) is 10.2. The Labute approximate surface area is 106 Å². The van der Waals surface area contributed by atoms with Crippen molar-refractivity contribution in [3.63, 3.8) is 0 Å². The zero-order valence-corrected chi connectivity index (χ0v) is 11.0. The largest absolute Gasteiger partial charge is 0.368 e. The van der Waals surface area contributed by atoms with Crippen LogP contribution in [0.5, 0.6) is 0 Å². The summed E-state index contributed by atoms with van der Waals surface area (Å²) >= 11 is 5.77. The third-order valence-corrected chi connectivity index (χ3v) is 2.95. The van der Waals surface area contributed by atoms with Crippen molar-refractivity contribution in [3.8, 4) is 0 Å². The molecule has 1 amide bonds. The molecule has 0 aliphatic rings. The van der Waals surface area contributed by atoms with Crippen molar-refractivity contribution in [1.29, 1.82) is 0 Å². The van der Waals surface area contributed by atoms with Gasteiger partial charge in [0.25, 0.3) is 0 Å². The Kier molecular flexibility index (Phi) is 4.96. The quantitative estimate of drug-likeness (QED) is 0.771. The van der Waals surface area contributed by atoms with Gasteiger partial charge in [-0.3, -0.25) is 9.48 Å². The lowest BCUT2D eigenvalue weighted by atomic mass is 9.97. The zero-order chi connectivity index (χ0) is 12.9. The fourth-order valence-electron chi connectivity index (χ4n) is 1.50. The molecule has 17 heavy (non-hydrogen) atoms. The number of carbonyl (C=O) groups is 1. The summed E-state index contributed by atoms with van der Waals surface area (Å²) in [6.45, 7) is 5.22. The van der Waals surface area contributed by atoms with Gasteiger partial charge in [0.05, 0.1) is 16.8 Å². The van der Waals surface area contributed by atoms with Crippen LogP contribution < -0.4 is 11.1 Å². The number of aromatic nitrogens is 2. The predicted octanol–water partition coefficient (Wildman–Crippen LogP) is 1.17. The van der Waals surface area contributed by atoms with Crippen molar-refractivity contribution in [2.24, 2.45) is 5.73 Å². The summed E-state index contributed by atoms with van der Waals surface area (Å²) in [5, 5.41) is 7.83. The van der Waals surface area contributed by atoms with E-state index >= 15 is 0 Å². The summed E-state index contributed by atoms with van der Waals surface area (Å²) in [5.74, 6) is -0.343. The van der Waals surface area contributed by atoms with Crippen LogP contribution in [0.3, 0.4) is 0 Å². The van der Waals surface area contributed by atoms with Crippen LogP contribution in [0.2, 0.25) is 5.02 Å². The van der Waals surface area contributed by atoms with Crippen LogP contribution in [-0.2, 0) is 11.3 Å². The lowest BCUT2D eigenvalue weighted by molar-refractivity contribution is -0.124. The Morgan fingerprint density at radius 1 is 1.71 bits per heavy atom. The van der Waals surface area contributed by atoms with Gasteiger partial charge in [0.15, 0.2) is 0 Å². The van der Waals surface area contributed by atoms with Crippen molar-refractivity contribution in [3.05, 3.63) is 17.4 Å². The highest BCUT2D eigenvalue weighted by molar-refractivity contribution is 6.30. The van der Waals surface area contributed by atoms with Gasteiger partial charge in [0.2, 0.25) is 5.91 Å². The number of aryl methyl sites for hydroxylation is 1. The molecule has 0 aromatic carbocycles. The summed E-state index contributed by atoms with van der Waals surface area (Å²) in [7, 11) is 0. The topological polar surface area (TPSA) is 72.9 Å². The molecule has 1 heterocycles. The van der Waals surface area contributed by atoms with E-state index in [4.69, 9.17) is 17.3 Å². The highest BCUT2D eigenvalue weighted by Gasteiger charge is 2.29. The third-order valence-electron chi connectivity index (χ3n) is 2.75. The van der Waals surface area contributed by atoms with Gasteiger partial charge in [0.1, 0.15) is 0 Å². The second-order valence-electron chi connectivity index (χ2n) is 4.29. The average molecular weight is 259 g/mol. The summed E-state index contributed by atoms with van der Waals surface area (Å²) < 4.78 is 1.71. The molecular weight excluding hydrogens is 240 g/mol. The fraction of sp³-hybridized carbons (Fsp3) is 0.636. The normalized spacial score (nSPS) is 14.5. The van der Waals surface area contributed by atoms with Crippen LogP contribution in [0.4, 0.5) is 0 Å². The lowest BCUT2D eigenvalue weighted by Gasteiger charge is -2.27. The Bertz CT molecular complexity index is 379. The first-order valence-electron chi connectivity index (χ1n) is 5.71. The second-order valence-corrected chi connectivity index (χ2v) is 4.73. The fourth-order valence-corrected chi connectivity index (χ4v) is 1.65. The Hall–Kier alpha value is -1.07. The molecule has 0 radical (unpaired) electrons. The maximum Gasteiger partial charge on any atom is 0.237 e. The van der Waals surface area contributed by atoms with Crippen molar-refractivity contribution in [2.45, 2.75) is 38.8 Å². The molecule has 1 atom stereocenters. The van der Waals surface area contributed by atoms with Crippen molar-refractivity contribution < 1.29 is 4.79 Å². The van der Waals surface area contributed by atoms with E-state index in [1.807, 2.05) is 13.8 Å². The lowest BCUT2D eigenvalue weighted by Crippen LogP contribution is -2.53. The van der Waals surface area contributed by atoms with Crippen LogP contribution in [0.1, 0.15) is 26.7 Å². The number of carbonyl (C=O) groups excluding carboxylic acids is 1. The summed E-state index contributed by atoms with van der Waals surface area (Å²) in [6, 6.07) is 0. The van der Waals surface area contributed by atoms with Gasteiger partial charge in [0, 0.05) is 12.7 Å². The Morgan fingerprint density at radius 2 is 2.41 bits per heavy atom. The van der Waals surface area contributed by atoms with Crippen LogP contribution in [0.15, 0.2) is 12.4 Å². The molecule has 6 heteroatoms. The van der Waals surface area contributed by atoms with Crippen LogP contribution >= 0.6 is 11.6 Å². The minimum absolute atomic E-state index is 0.343. The number of primary amides is 1. The number of amides is 1. The molecule has 1 rings (SSSR count). The van der Waals surface area contributed by atoms with E-state index in [9.17, 15) is 4.79 Å². The maximum atomic E-state index is 11.5. The van der Waals surface area contributed by atoms with E-state index in [1.54, 1.807) is 17.1 Å². The number of nitrogens with zero attached hydrogens (tertiary/aromatic N) is 2. The molecule has 0 aliphatic carbocycles. The molecule has 5 nitrogen and oxygen atoms in total. The van der Waals surface area contributed by atoms with Crippen molar-refractivity contribution in [1.82, 2.24) is 15.1 Å². The minimum atomic E-state index is -0.700. The molecule has 0 saturated carbocycles. The van der Waals surface area contributed by atoms with E-state index in [0.29, 0.717) is 18.0 Å². The first kappa shape index (κ1) is 14.0. The second kappa shape index (κ2) is 6.02. The van der Waals surface area contributed by atoms with Gasteiger partial charge in [-0.05, 0) is 26.3 Å².